The van der Waals surface area contributed by atoms with Gasteiger partial charge in [0.25, 0.3) is 5.91 Å². The molecule has 1 atom stereocenters. The predicted octanol–water partition coefficient (Wildman–Crippen LogP) is 1.94. The van der Waals surface area contributed by atoms with Gasteiger partial charge >= 0.3 is 6.29 Å². The van der Waals surface area contributed by atoms with Crippen LogP contribution in [0.4, 0.5) is 0 Å². The molecule has 1 unspecified atom stereocenters. The molecule has 0 aromatic heterocycles. The fourth-order valence-corrected chi connectivity index (χ4v) is 1.88. The molecule has 0 aliphatic carbocycles. The summed E-state index contributed by atoms with van der Waals surface area (Å²) < 4.78 is 10.6. The van der Waals surface area contributed by atoms with Crippen LogP contribution in [0.5, 0.6) is 11.5 Å². The Morgan fingerprint density at radius 3 is 2.39 bits per heavy atom. The van der Waals surface area contributed by atoms with E-state index in [4.69, 9.17) is 15.2 Å². The molecule has 1 heterocycles. The third-order valence-electron chi connectivity index (χ3n) is 2.75. The molecule has 0 radical (unpaired) electrons. The summed E-state index contributed by atoms with van der Waals surface area (Å²) in [6.07, 6.45) is -1.02. The standard InChI is InChI=1S/C14H11NO3/c15-13(16)14-17-11-7-6-10(8-12(11)18-14)9-4-2-1-3-5-9/h1-8,14H,(H2,15,16). The topological polar surface area (TPSA) is 61.6 Å². The van der Waals surface area contributed by atoms with E-state index >= 15 is 0 Å². The smallest absolute Gasteiger partial charge is 0.321 e. The van der Waals surface area contributed by atoms with Crippen molar-refractivity contribution in [3.8, 4) is 22.6 Å². The Morgan fingerprint density at radius 1 is 0.944 bits per heavy atom. The lowest BCUT2D eigenvalue weighted by Crippen LogP contribution is -2.35. The van der Waals surface area contributed by atoms with Crippen LogP contribution in [0.25, 0.3) is 11.1 Å². The monoisotopic (exact) mass is 241 g/mol. The van der Waals surface area contributed by atoms with Crippen LogP contribution in [-0.4, -0.2) is 12.2 Å². The van der Waals surface area contributed by atoms with Crippen molar-refractivity contribution in [1.82, 2.24) is 0 Å². The number of nitrogens with two attached hydrogens (primary N) is 1. The van der Waals surface area contributed by atoms with Crippen molar-refractivity contribution in [2.75, 3.05) is 0 Å². The summed E-state index contributed by atoms with van der Waals surface area (Å²) in [7, 11) is 0. The van der Waals surface area contributed by atoms with Crippen molar-refractivity contribution in [3.63, 3.8) is 0 Å². The van der Waals surface area contributed by atoms with Gasteiger partial charge in [-0.25, -0.2) is 0 Å². The summed E-state index contributed by atoms with van der Waals surface area (Å²) in [5.41, 5.74) is 7.22. The van der Waals surface area contributed by atoms with E-state index < -0.39 is 12.2 Å². The molecule has 0 bridgehead atoms. The fourth-order valence-electron chi connectivity index (χ4n) is 1.88. The molecule has 0 saturated carbocycles. The number of rotatable bonds is 2. The van der Waals surface area contributed by atoms with Crippen LogP contribution >= 0.6 is 0 Å². The molecule has 18 heavy (non-hydrogen) atoms. The second-order valence-electron chi connectivity index (χ2n) is 4.00. The molecule has 1 amide bonds. The average molecular weight is 241 g/mol. The number of hydrogen-bond acceptors (Lipinski definition) is 3. The maximum absolute atomic E-state index is 11.0. The number of carbonyl (C=O) groups is 1. The first kappa shape index (κ1) is 10.7. The number of amides is 1. The van der Waals surface area contributed by atoms with Crippen molar-refractivity contribution in [2.24, 2.45) is 5.73 Å². The quantitative estimate of drug-likeness (QED) is 0.873. The van der Waals surface area contributed by atoms with E-state index in [9.17, 15) is 4.79 Å². The highest BCUT2D eigenvalue weighted by atomic mass is 16.7. The third-order valence-corrected chi connectivity index (χ3v) is 2.75. The van der Waals surface area contributed by atoms with Gasteiger partial charge in [-0.1, -0.05) is 36.4 Å². The number of fused-ring (bicyclic) bond motifs is 1. The van der Waals surface area contributed by atoms with Gasteiger partial charge in [-0.15, -0.1) is 0 Å². The minimum Gasteiger partial charge on any atom is -0.442 e. The lowest BCUT2D eigenvalue weighted by atomic mass is 10.1. The molecule has 1 aliphatic heterocycles. The number of benzene rings is 2. The van der Waals surface area contributed by atoms with Crippen LogP contribution in [0.15, 0.2) is 48.5 Å². The van der Waals surface area contributed by atoms with E-state index in [2.05, 4.69) is 0 Å². The zero-order chi connectivity index (χ0) is 12.5. The number of ether oxygens (including phenoxy) is 2. The van der Waals surface area contributed by atoms with Gasteiger partial charge in [-0.3, -0.25) is 4.79 Å². The predicted molar refractivity (Wildman–Crippen MR) is 66.1 cm³/mol. The largest absolute Gasteiger partial charge is 0.442 e. The van der Waals surface area contributed by atoms with Crippen LogP contribution < -0.4 is 15.2 Å². The third kappa shape index (κ3) is 1.78. The van der Waals surface area contributed by atoms with Crippen molar-refractivity contribution in [1.29, 1.82) is 0 Å². The molecule has 0 fully saturated rings. The van der Waals surface area contributed by atoms with Crippen LogP contribution in [-0.2, 0) is 4.79 Å². The molecular weight excluding hydrogens is 230 g/mol. The van der Waals surface area contributed by atoms with Crippen molar-refractivity contribution >= 4 is 5.91 Å². The van der Waals surface area contributed by atoms with Gasteiger partial charge in [-0.2, -0.15) is 0 Å². The Balaban J connectivity index is 1.95. The van der Waals surface area contributed by atoms with E-state index in [1.54, 1.807) is 6.07 Å². The zero-order valence-electron chi connectivity index (χ0n) is 9.50. The summed E-state index contributed by atoms with van der Waals surface area (Å²) in [6, 6.07) is 15.4. The van der Waals surface area contributed by atoms with Crippen LogP contribution in [0.2, 0.25) is 0 Å². The average Bonchev–Trinajstić information content (AvgIpc) is 2.82. The van der Waals surface area contributed by atoms with Gasteiger partial charge in [0.2, 0.25) is 0 Å². The maximum Gasteiger partial charge on any atom is 0.321 e. The molecule has 2 aromatic carbocycles. The van der Waals surface area contributed by atoms with Crippen LogP contribution in [0.1, 0.15) is 0 Å². The maximum atomic E-state index is 11.0. The van der Waals surface area contributed by atoms with Gasteiger partial charge in [0, 0.05) is 0 Å². The Morgan fingerprint density at radius 2 is 1.67 bits per heavy atom. The van der Waals surface area contributed by atoms with E-state index in [0.29, 0.717) is 11.5 Å². The van der Waals surface area contributed by atoms with Gasteiger partial charge in [0.1, 0.15) is 0 Å². The minimum absolute atomic E-state index is 0.540. The van der Waals surface area contributed by atoms with Crippen molar-refractivity contribution in [3.05, 3.63) is 48.5 Å². The molecule has 0 spiro atoms. The number of carbonyl (C=O) groups excluding carboxylic acids is 1. The van der Waals surface area contributed by atoms with Gasteiger partial charge < -0.3 is 15.2 Å². The molecule has 4 nitrogen and oxygen atoms in total. The van der Waals surface area contributed by atoms with E-state index in [0.717, 1.165) is 11.1 Å². The van der Waals surface area contributed by atoms with Gasteiger partial charge in [0.05, 0.1) is 0 Å². The van der Waals surface area contributed by atoms with Crippen molar-refractivity contribution < 1.29 is 14.3 Å². The number of primary amides is 1. The fraction of sp³-hybridized carbons (Fsp3) is 0.0714. The molecule has 1 aliphatic rings. The van der Waals surface area contributed by atoms with E-state index in [1.165, 1.54) is 0 Å². The first-order chi connectivity index (χ1) is 8.74. The van der Waals surface area contributed by atoms with E-state index in [-0.39, 0.29) is 0 Å². The van der Waals surface area contributed by atoms with Gasteiger partial charge in [-0.05, 0) is 23.3 Å². The SMILES string of the molecule is NC(=O)C1Oc2ccc(-c3ccccc3)cc2O1. The molecule has 2 N–H and O–H groups in total. The highest BCUT2D eigenvalue weighted by Gasteiger charge is 2.28. The summed E-state index contributed by atoms with van der Waals surface area (Å²) in [4.78, 5) is 11.0. The first-order valence-electron chi connectivity index (χ1n) is 5.56. The Labute approximate surface area is 104 Å². The molecule has 4 heteroatoms. The summed E-state index contributed by atoms with van der Waals surface area (Å²) >= 11 is 0. The normalized spacial score (nSPS) is 16.6. The van der Waals surface area contributed by atoms with E-state index in [1.807, 2.05) is 42.5 Å². The molecule has 0 saturated heterocycles. The second-order valence-corrected chi connectivity index (χ2v) is 4.00. The highest BCUT2D eigenvalue weighted by Crippen LogP contribution is 2.37. The van der Waals surface area contributed by atoms with Gasteiger partial charge in [0.15, 0.2) is 11.5 Å². The highest BCUT2D eigenvalue weighted by molar-refractivity contribution is 5.79. The zero-order valence-corrected chi connectivity index (χ0v) is 9.50. The summed E-state index contributed by atoms with van der Waals surface area (Å²) in [5.74, 6) is 0.450. The summed E-state index contributed by atoms with van der Waals surface area (Å²) in [6.45, 7) is 0. The minimum atomic E-state index is -1.02. The lowest BCUT2D eigenvalue weighted by molar-refractivity contribution is -0.133. The first-order valence-corrected chi connectivity index (χ1v) is 5.56. The molecule has 90 valence electrons. The van der Waals surface area contributed by atoms with Crippen LogP contribution in [0.3, 0.4) is 0 Å². The molecule has 3 rings (SSSR count). The van der Waals surface area contributed by atoms with Crippen LogP contribution in [0, 0.1) is 0 Å². The van der Waals surface area contributed by atoms with Crippen molar-refractivity contribution in [2.45, 2.75) is 6.29 Å². The second kappa shape index (κ2) is 4.07. The Hall–Kier alpha value is -2.49. The summed E-state index contributed by atoms with van der Waals surface area (Å²) in [5, 5.41) is 0. The Bertz CT molecular complexity index is 595. The lowest BCUT2D eigenvalue weighted by Gasteiger charge is -2.03. The molecular formula is C14H11NO3. The molecule has 2 aromatic rings. The number of hydrogen-bond donors (Lipinski definition) is 1. The Kier molecular flexibility index (Phi) is 2.41.